The van der Waals surface area contributed by atoms with Crippen molar-refractivity contribution in [3.05, 3.63) is 83.7 Å². The van der Waals surface area contributed by atoms with Gasteiger partial charge in [0.25, 0.3) is 5.91 Å². The van der Waals surface area contributed by atoms with Crippen molar-refractivity contribution in [2.45, 2.75) is 20.3 Å². The SMILES string of the molecule is CC(C)C(=O)N1CCc2cc(-c3ccc(C(=O)N4CCN(c5ccc(F)cc5)CC4)cc3)ccc21. The van der Waals surface area contributed by atoms with Crippen molar-refractivity contribution < 1.29 is 14.0 Å². The van der Waals surface area contributed by atoms with Crippen LogP contribution in [0.4, 0.5) is 15.8 Å². The number of amides is 2. The second-order valence-electron chi connectivity index (χ2n) is 9.57. The van der Waals surface area contributed by atoms with Gasteiger partial charge < -0.3 is 14.7 Å². The van der Waals surface area contributed by atoms with Crippen molar-refractivity contribution in [2.75, 3.05) is 42.5 Å². The van der Waals surface area contributed by atoms with E-state index in [0.717, 1.165) is 48.6 Å². The zero-order valence-electron chi connectivity index (χ0n) is 20.2. The van der Waals surface area contributed by atoms with Gasteiger partial charge in [0.15, 0.2) is 0 Å². The lowest BCUT2D eigenvalue weighted by Gasteiger charge is -2.36. The van der Waals surface area contributed by atoms with Crippen LogP contribution in [0.1, 0.15) is 29.8 Å². The van der Waals surface area contributed by atoms with Crippen LogP contribution in [0.3, 0.4) is 0 Å². The molecule has 0 aromatic heterocycles. The predicted molar refractivity (Wildman–Crippen MR) is 137 cm³/mol. The van der Waals surface area contributed by atoms with E-state index in [2.05, 4.69) is 17.0 Å². The molecule has 2 aliphatic rings. The van der Waals surface area contributed by atoms with E-state index < -0.39 is 0 Å². The number of halogens is 1. The summed E-state index contributed by atoms with van der Waals surface area (Å²) in [5.74, 6) is -0.0596. The summed E-state index contributed by atoms with van der Waals surface area (Å²) >= 11 is 0. The largest absolute Gasteiger partial charge is 0.368 e. The van der Waals surface area contributed by atoms with Crippen molar-refractivity contribution >= 4 is 23.2 Å². The minimum atomic E-state index is -0.242. The molecule has 2 aliphatic heterocycles. The molecule has 0 N–H and O–H groups in total. The summed E-state index contributed by atoms with van der Waals surface area (Å²) in [6, 6.07) is 20.5. The average Bonchev–Trinajstić information content (AvgIpc) is 3.31. The van der Waals surface area contributed by atoms with Crippen LogP contribution >= 0.6 is 0 Å². The topological polar surface area (TPSA) is 43.9 Å². The number of hydrogen-bond acceptors (Lipinski definition) is 3. The Morgan fingerprint density at radius 2 is 1.46 bits per heavy atom. The van der Waals surface area contributed by atoms with Crippen LogP contribution in [0.2, 0.25) is 0 Å². The highest BCUT2D eigenvalue weighted by Gasteiger charge is 2.26. The number of piperazine rings is 1. The number of fused-ring (bicyclic) bond motifs is 1. The molecule has 3 aromatic carbocycles. The molecule has 2 heterocycles. The van der Waals surface area contributed by atoms with Gasteiger partial charge in [-0.2, -0.15) is 0 Å². The molecule has 0 unspecified atom stereocenters. The highest BCUT2D eigenvalue weighted by molar-refractivity contribution is 5.97. The van der Waals surface area contributed by atoms with E-state index >= 15 is 0 Å². The summed E-state index contributed by atoms with van der Waals surface area (Å²) in [7, 11) is 0. The van der Waals surface area contributed by atoms with Gasteiger partial charge in [-0.3, -0.25) is 9.59 Å². The molecule has 0 aliphatic carbocycles. The van der Waals surface area contributed by atoms with E-state index in [0.29, 0.717) is 18.7 Å². The van der Waals surface area contributed by atoms with Gasteiger partial charge in [-0.1, -0.05) is 32.0 Å². The van der Waals surface area contributed by atoms with Crippen LogP contribution in [0.25, 0.3) is 11.1 Å². The van der Waals surface area contributed by atoms with E-state index in [1.807, 2.05) is 54.0 Å². The maximum Gasteiger partial charge on any atom is 0.253 e. The fourth-order valence-electron chi connectivity index (χ4n) is 4.93. The van der Waals surface area contributed by atoms with Crippen molar-refractivity contribution in [3.8, 4) is 11.1 Å². The summed E-state index contributed by atoms with van der Waals surface area (Å²) < 4.78 is 13.2. The van der Waals surface area contributed by atoms with E-state index in [-0.39, 0.29) is 23.5 Å². The number of carbonyl (C=O) groups excluding carboxylic acids is 2. The quantitative estimate of drug-likeness (QED) is 0.538. The first-order chi connectivity index (χ1) is 16.9. The van der Waals surface area contributed by atoms with Crippen LogP contribution in [-0.4, -0.2) is 49.4 Å². The molecule has 35 heavy (non-hydrogen) atoms. The number of anilines is 2. The van der Waals surface area contributed by atoms with Gasteiger partial charge in [0.2, 0.25) is 5.91 Å². The molecule has 0 bridgehead atoms. The lowest BCUT2D eigenvalue weighted by molar-refractivity contribution is -0.121. The molecule has 3 aromatic rings. The third-order valence-corrected chi connectivity index (χ3v) is 6.96. The highest BCUT2D eigenvalue weighted by Crippen LogP contribution is 2.33. The maximum absolute atomic E-state index is 13.2. The molecule has 1 fully saturated rings. The molecule has 5 rings (SSSR count). The fraction of sp³-hybridized carbons (Fsp3) is 0.310. The van der Waals surface area contributed by atoms with Crippen molar-refractivity contribution in [2.24, 2.45) is 5.92 Å². The van der Waals surface area contributed by atoms with E-state index in [9.17, 15) is 14.0 Å². The van der Waals surface area contributed by atoms with Crippen LogP contribution in [0.5, 0.6) is 0 Å². The van der Waals surface area contributed by atoms with Crippen molar-refractivity contribution in [3.63, 3.8) is 0 Å². The second kappa shape index (κ2) is 9.53. The molecule has 0 spiro atoms. The zero-order chi connectivity index (χ0) is 24.5. The summed E-state index contributed by atoms with van der Waals surface area (Å²) in [4.78, 5) is 31.5. The Labute approximate surface area is 205 Å². The van der Waals surface area contributed by atoms with Gasteiger partial charge >= 0.3 is 0 Å². The van der Waals surface area contributed by atoms with Gasteiger partial charge in [0.1, 0.15) is 5.82 Å². The molecule has 0 atom stereocenters. The van der Waals surface area contributed by atoms with Gasteiger partial charge in [-0.15, -0.1) is 0 Å². The standard InChI is InChI=1S/C29H30FN3O2/c1-20(2)28(34)33-14-13-24-19-23(7-12-27(24)33)21-3-5-22(6-4-21)29(35)32-17-15-31(16-18-32)26-10-8-25(30)9-11-26/h3-12,19-20H,13-18H2,1-2H3. The number of nitrogens with zero attached hydrogens (tertiary/aromatic N) is 3. The molecule has 180 valence electrons. The van der Waals surface area contributed by atoms with Gasteiger partial charge in [0.05, 0.1) is 0 Å². The molecular weight excluding hydrogens is 441 g/mol. The number of carbonyl (C=O) groups is 2. The molecule has 6 heteroatoms. The van der Waals surface area contributed by atoms with Gasteiger partial charge in [0, 0.05) is 55.6 Å². The van der Waals surface area contributed by atoms with Gasteiger partial charge in [-0.25, -0.2) is 4.39 Å². The number of rotatable bonds is 4. The predicted octanol–water partition coefficient (Wildman–Crippen LogP) is 5.00. The normalized spacial score (nSPS) is 15.5. The Balaban J connectivity index is 1.24. The molecule has 0 saturated carbocycles. The Kier molecular flexibility index (Phi) is 6.29. The first kappa shape index (κ1) is 23.1. The van der Waals surface area contributed by atoms with E-state index in [4.69, 9.17) is 0 Å². The highest BCUT2D eigenvalue weighted by atomic mass is 19.1. The summed E-state index contributed by atoms with van der Waals surface area (Å²) in [5, 5.41) is 0. The average molecular weight is 472 g/mol. The monoisotopic (exact) mass is 471 g/mol. The Morgan fingerprint density at radius 1 is 0.800 bits per heavy atom. The summed E-state index contributed by atoms with van der Waals surface area (Å²) in [6.07, 6.45) is 0.863. The Morgan fingerprint density at radius 3 is 2.11 bits per heavy atom. The van der Waals surface area contributed by atoms with Gasteiger partial charge in [-0.05, 0) is 71.6 Å². The Hall–Kier alpha value is -3.67. The number of hydrogen-bond donors (Lipinski definition) is 0. The summed E-state index contributed by atoms with van der Waals surface area (Å²) in [5.41, 5.74) is 6.01. The smallest absolute Gasteiger partial charge is 0.253 e. The lowest BCUT2D eigenvalue weighted by atomic mass is 10.00. The maximum atomic E-state index is 13.2. The van der Waals surface area contributed by atoms with Crippen LogP contribution < -0.4 is 9.80 Å². The van der Waals surface area contributed by atoms with E-state index in [1.54, 1.807) is 12.1 Å². The van der Waals surface area contributed by atoms with Crippen molar-refractivity contribution in [1.29, 1.82) is 0 Å². The first-order valence-corrected chi connectivity index (χ1v) is 12.3. The van der Waals surface area contributed by atoms with Crippen LogP contribution in [-0.2, 0) is 11.2 Å². The third kappa shape index (κ3) is 4.65. The van der Waals surface area contributed by atoms with Crippen LogP contribution in [0, 0.1) is 11.7 Å². The van der Waals surface area contributed by atoms with Crippen molar-refractivity contribution in [1.82, 2.24) is 4.90 Å². The number of benzene rings is 3. The minimum absolute atomic E-state index is 0.0170. The minimum Gasteiger partial charge on any atom is -0.368 e. The molecule has 2 amide bonds. The molecule has 1 saturated heterocycles. The second-order valence-corrected chi connectivity index (χ2v) is 9.57. The molecule has 0 radical (unpaired) electrons. The van der Waals surface area contributed by atoms with Crippen LogP contribution in [0.15, 0.2) is 66.7 Å². The zero-order valence-corrected chi connectivity index (χ0v) is 20.2. The van der Waals surface area contributed by atoms with E-state index in [1.165, 1.54) is 17.7 Å². The Bertz CT molecular complexity index is 1230. The first-order valence-electron chi connectivity index (χ1n) is 12.3. The third-order valence-electron chi connectivity index (χ3n) is 6.96. The fourth-order valence-corrected chi connectivity index (χ4v) is 4.93. The lowest BCUT2D eigenvalue weighted by Crippen LogP contribution is -2.48. The molecular formula is C29H30FN3O2. The molecule has 5 nitrogen and oxygen atoms in total. The summed E-state index contributed by atoms with van der Waals surface area (Å²) in [6.45, 7) is 7.31.